The van der Waals surface area contributed by atoms with E-state index in [1.807, 2.05) is 0 Å². The van der Waals surface area contributed by atoms with Crippen molar-refractivity contribution in [1.29, 1.82) is 0 Å². The van der Waals surface area contributed by atoms with Crippen LogP contribution in [-0.4, -0.2) is 5.92 Å². The van der Waals surface area contributed by atoms with E-state index < -0.39 is 11.8 Å². The first kappa shape index (κ1) is 6.97. The molecule has 1 aliphatic rings. The van der Waals surface area contributed by atoms with Gasteiger partial charge in [-0.05, 0) is 12.8 Å². The molecule has 0 aromatic heterocycles. The molecule has 0 heterocycles. The SMILES string of the molecule is CC(C)C(F)(F)C1CC1. The van der Waals surface area contributed by atoms with Gasteiger partial charge < -0.3 is 0 Å². The zero-order valence-corrected chi connectivity index (χ0v) is 5.82. The second kappa shape index (κ2) is 1.93. The Bertz CT molecular complexity index is 99.5. The number of alkyl halides is 2. The van der Waals surface area contributed by atoms with Crippen molar-refractivity contribution in [2.24, 2.45) is 11.8 Å². The topological polar surface area (TPSA) is 0 Å². The first-order valence-corrected chi connectivity index (χ1v) is 3.43. The van der Waals surface area contributed by atoms with Crippen molar-refractivity contribution < 1.29 is 8.78 Å². The molecule has 0 bridgehead atoms. The van der Waals surface area contributed by atoms with Crippen molar-refractivity contribution >= 4 is 0 Å². The fourth-order valence-corrected chi connectivity index (χ4v) is 0.940. The standard InChI is InChI=1S/C7H12F2/c1-5(2)7(8,9)6-3-4-6/h5-6H,3-4H2,1-2H3. The highest BCUT2D eigenvalue weighted by Gasteiger charge is 2.48. The zero-order valence-electron chi connectivity index (χ0n) is 5.82. The molecule has 1 saturated carbocycles. The summed E-state index contributed by atoms with van der Waals surface area (Å²) in [6.45, 7) is 3.16. The fourth-order valence-electron chi connectivity index (χ4n) is 0.940. The van der Waals surface area contributed by atoms with Crippen molar-refractivity contribution in [2.45, 2.75) is 32.6 Å². The molecule has 0 nitrogen and oxygen atoms in total. The van der Waals surface area contributed by atoms with E-state index in [2.05, 4.69) is 0 Å². The molecule has 9 heavy (non-hydrogen) atoms. The van der Waals surface area contributed by atoms with Gasteiger partial charge in [0.05, 0.1) is 0 Å². The monoisotopic (exact) mass is 134 g/mol. The van der Waals surface area contributed by atoms with Crippen LogP contribution in [0.25, 0.3) is 0 Å². The molecule has 1 aliphatic carbocycles. The summed E-state index contributed by atoms with van der Waals surface area (Å²) < 4.78 is 25.5. The molecular formula is C7H12F2. The second-order valence-electron chi connectivity index (χ2n) is 3.10. The average molecular weight is 134 g/mol. The van der Waals surface area contributed by atoms with Gasteiger partial charge in [-0.25, -0.2) is 8.78 Å². The van der Waals surface area contributed by atoms with Crippen LogP contribution in [0.5, 0.6) is 0 Å². The summed E-state index contributed by atoms with van der Waals surface area (Å²) in [5.41, 5.74) is 0. The van der Waals surface area contributed by atoms with Crippen molar-refractivity contribution in [2.75, 3.05) is 0 Å². The van der Waals surface area contributed by atoms with Crippen LogP contribution in [0.4, 0.5) is 8.78 Å². The molecule has 0 aliphatic heterocycles. The highest BCUT2D eigenvalue weighted by molar-refractivity contribution is 4.89. The Balaban J connectivity index is 2.48. The molecule has 1 fully saturated rings. The van der Waals surface area contributed by atoms with Gasteiger partial charge in [0.15, 0.2) is 0 Å². The van der Waals surface area contributed by atoms with Gasteiger partial charge in [0, 0.05) is 11.8 Å². The summed E-state index contributed by atoms with van der Waals surface area (Å²) >= 11 is 0. The molecule has 0 saturated heterocycles. The second-order valence-corrected chi connectivity index (χ2v) is 3.10. The third-order valence-electron chi connectivity index (χ3n) is 1.89. The number of hydrogen-bond acceptors (Lipinski definition) is 0. The van der Waals surface area contributed by atoms with Gasteiger partial charge in [-0.15, -0.1) is 0 Å². The molecule has 0 atom stereocenters. The predicted molar refractivity (Wildman–Crippen MR) is 32.5 cm³/mol. The van der Waals surface area contributed by atoms with Crippen LogP contribution in [0.1, 0.15) is 26.7 Å². The largest absolute Gasteiger partial charge is 0.253 e. The first-order chi connectivity index (χ1) is 4.05. The molecule has 0 spiro atoms. The normalized spacial score (nSPS) is 21.0. The lowest BCUT2D eigenvalue weighted by atomic mass is 10.0. The van der Waals surface area contributed by atoms with Crippen LogP contribution >= 0.6 is 0 Å². The molecule has 0 aromatic carbocycles. The van der Waals surface area contributed by atoms with Crippen LogP contribution < -0.4 is 0 Å². The lowest BCUT2D eigenvalue weighted by Crippen LogP contribution is -2.25. The van der Waals surface area contributed by atoms with E-state index in [1.165, 1.54) is 0 Å². The lowest BCUT2D eigenvalue weighted by molar-refractivity contribution is -0.0658. The maximum atomic E-state index is 12.7. The maximum Gasteiger partial charge on any atom is 0.253 e. The molecule has 0 aromatic rings. The van der Waals surface area contributed by atoms with Gasteiger partial charge in [-0.2, -0.15) is 0 Å². The Kier molecular flexibility index (Phi) is 1.49. The summed E-state index contributed by atoms with van der Waals surface area (Å²) in [4.78, 5) is 0. The predicted octanol–water partition coefficient (Wildman–Crippen LogP) is 2.69. The fraction of sp³-hybridized carbons (Fsp3) is 1.00. The molecule has 2 heteroatoms. The van der Waals surface area contributed by atoms with Crippen molar-refractivity contribution in [3.63, 3.8) is 0 Å². The zero-order chi connectivity index (χ0) is 7.07. The Morgan fingerprint density at radius 1 is 1.33 bits per heavy atom. The van der Waals surface area contributed by atoms with E-state index in [0.717, 1.165) is 12.8 Å². The van der Waals surface area contributed by atoms with Gasteiger partial charge >= 0.3 is 0 Å². The van der Waals surface area contributed by atoms with Crippen molar-refractivity contribution in [1.82, 2.24) is 0 Å². The van der Waals surface area contributed by atoms with Gasteiger partial charge in [0.2, 0.25) is 0 Å². The summed E-state index contributed by atoms with van der Waals surface area (Å²) in [5.74, 6) is -3.16. The van der Waals surface area contributed by atoms with E-state index in [-0.39, 0.29) is 5.92 Å². The van der Waals surface area contributed by atoms with Crippen LogP contribution in [0.2, 0.25) is 0 Å². The quantitative estimate of drug-likeness (QED) is 0.544. The minimum atomic E-state index is -2.39. The van der Waals surface area contributed by atoms with E-state index >= 15 is 0 Å². The molecule has 0 unspecified atom stereocenters. The Morgan fingerprint density at radius 2 is 1.78 bits per heavy atom. The molecule has 54 valence electrons. The van der Waals surface area contributed by atoms with Gasteiger partial charge in [0.25, 0.3) is 5.92 Å². The first-order valence-electron chi connectivity index (χ1n) is 3.43. The molecule has 0 radical (unpaired) electrons. The minimum absolute atomic E-state index is 0.294. The number of halogens is 2. The molecular weight excluding hydrogens is 122 g/mol. The average Bonchev–Trinajstić information content (AvgIpc) is 2.42. The van der Waals surface area contributed by atoms with Gasteiger partial charge in [0.1, 0.15) is 0 Å². The highest BCUT2D eigenvalue weighted by Crippen LogP contribution is 2.47. The third kappa shape index (κ3) is 1.22. The third-order valence-corrected chi connectivity index (χ3v) is 1.89. The Hall–Kier alpha value is -0.140. The van der Waals surface area contributed by atoms with Crippen molar-refractivity contribution in [3.05, 3.63) is 0 Å². The van der Waals surface area contributed by atoms with Crippen LogP contribution in [0, 0.1) is 11.8 Å². The number of hydrogen-bond donors (Lipinski definition) is 0. The van der Waals surface area contributed by atoms with Crippen molar-refractivity contribution in [3.8, 4) is 0 Å². The Morgan fingerprint density at radius 3 is 1.89 bits per heavy atom. The molecule has 0 amide bonds. The van der Waals surface area contributed by atoms with E-state index in [0.29, 0.717) is 0 Å². The van der Waals surface area contributed by atoms with Gasteiger partial charge in [-0.1, -0.05) is 13.8 Å². The summed E-state index contributed by atoms with van der Waals surface area (Å²) in [6, 6.07) is 0. The Labute approximate surface area is 54.3 Å². The minimum Gasteiger partial charge on any atom is -0.206 e. The van der Waals surface area contributed by atoms with E-state index in [1.54, 1.807) is 13.8 Å². The summed E-state index contributed by atoms with van der Waals surface area (Å²) in [6.07, 6.45) is 1.45. The molecule has 0 N–H and O–H groups in total. The van der Waals surface area contributed by atoms with Crippen LogP contribution in [-0.2, 0) is 0 Å². The molecule has 1 rings (SSSR count). The number of rotatable bonds is 2. The maximum absolute atomic E-state index is 12.7. The van der Waals surface area contributed by atoms with Crippen LogP contribution in [0.3, 0.4) is 0 Å². The lowest BCUT2D eigenvalue weighted by Gasteiger charge is -2.18. The smallest absolute Gasteiger partial charge is 0.206 e. The van der Waals surface area contributed by atoms with Crippen LogP contribution in [0.15, 0.2) is 0 Å². The van der Waals surface area contributed by atoms with E-state index in [9.17, 15) is 8.78 Å². The summed E-state index contributed by atoms with van der Waals surface area (Å²) in [7, 11) is 0. The van der Waals surface area contributed by atoms with E-state index in [4.69, 9.17) is 0 Å². The highest BCUT2D eigenvalue weighted by atomic mass is 19.3. The van der Waals surface area contributed by atoms with Gasteiger partial charge in [-0.3, -0.25) is 0 Å². The summed E-state index contributed by atoms with van der Waals surface area (Å²) in [5, 5.41) is 0.